The van der Waals surface area contributed by atoms with Gasteiger partial charge in [0.25, 0.3) is 0 Å². The zero-order chi connectivity index (χ0) is 14.4. The maximum Gasteiger partial charge on any atom is 0.109 e. The summed E-state index contributed by atoms with van der Waals surface area (Å²) in [7, 11) is 4.24. The van der Waals surface area contributed by atoms with Gasteiger partial charge in [-0.2, -0.15) is 0 Å². The van der Waals surface area contributed by atoms with Crippen LogP contribution >= 0.6 is 0 Å². The molecular weight excluding hydrogens is 258 g/mol. The van der Waals surface area contributed by atoms with Gasteiger partial charge in [0.15, 0.2) is 0 Å². The van der Waals surface area contributed by atoms with Crippen LogP contribution in [0.1, 0.15) is 50.8 Å². The Morgan fingerprint density at radius 2 is 1.86 bits per heavy atom. The van der Waals surface area contributed by atoms with Crippen LogP contribution in [0.5, 0.6) is 0 Å². The topological polar surface area (TPSA) is 29.9 Å². The first-order chi connectivity index (χ1) is 10.2. The molecule has 4 saturated carbocycles. The smallest absolute Gasteiger partial charge is 0.109 e. The molecule has 0 spiro atoms. The normalized spacial score (nSPS) is 38.9. The van der Waals surface area contributed by atoms with Crippen molar-refractivity contribution in [2.24, 2.45) is 30.2 Å². The van der Waals surface area contributed by atoms with E-state index in [4.69, 9.17) is 0 Å². The van der Waals surface area contributed by atoms with Gasteiger partial charge in [0.2, 0.25) is 0 Å². The van der Waals surface area contributed by atoms with Crippen LogP contribution in [-0.2, 0) is 13.5 Å². The number of imidazole rings is 1. The van der Waals surface area contributed by atoms with Gasteiger partial charge in [-0.3, -0.25) is 0 Å². The van der Waals surface area contributed by atoms with E-state index in [-0.39, 0.29) is 0 Å². The molecule has 21 heavy (non-hydrogen) atoms. The van der Waals surface area contributed by atoms with Gasteiger partial charge in [-0.25, -0.2) is 4.98 Å². The third-order valence-corrected chi connectivity index (χ3v) is 6.60. The minimum absolute atomic E-state index is 0.586. The van der Waals surface area contributed by atoms with E-state index in [0.29, 0.717) is 11.5 Å². The average molecular weight is 287 g/mol. The third-order valence-electron chi connectivity index (χ3n) is 6.60. The molecule has 1 atom stereocenters. The van der Waals surface area contributed by atoms with Gasteiger partial charge in [0.1, 0.15) is 5.82 Å². The number of rotatable bonds is 5. The fourth-order valence-electron chi connectivity index (χ4n) is 6.15. The zero-order valence-electron chi connectivity index (χ0n) is 13.5. The lowest BCUT2D eigenvalue weighted by atomic mass is 9.48. The molecule has 1 aromatic rings. The Kier molecular flexibility index (Phi) is 3.36. The monoisotopic (exact) mass is 287 g/mol. The second-order valence-corrected chi connectivity index (χ2v) is 8.27. The molecule has 4 bridgehead atoms. The van der Waals surface area contributed by atoms with E-state index < -0.39 is 0 Å². The van der Waals surface area contributed by atoms with Crippen molar-refractivity contribution in [3.05, 3.63) is 18.2 Å². The largest absolute Gasteiger partial charge is 0.338 e. The highest BCUT2D eigenvalue weighted by atomic mass is 15.0. The standard InChI is InChI=1S/C18H29N3/c1-19-16(8-17-20-3-4-21(17)2)12-18-9-13-5-14(10-18)7-15(6-13)11-18/h3-4,13-16,19H,5-12H2,1-2H3. The van der Waals surface area contributed by atoms with E-state index in [1.54, 1.807) is 19.3 Å². The van der Waals surface area contributed by atoms with E-state index in [0.717, 1.165) is 24.2 Å². The number of aromatic nitrogens is 2. The Balaban J connectivity index is 1.47. The Labute approximate surface area is 128 Å². The molecule has 1 heterocycles. The first-order valence-electron chi connectivity index (χ1n) is 8.79. The van der Waals surface area contributed by atoms with E-state index in [1.165, 1.54) is 31.5 Å². The Hall–Kier alpha value is -0.830. The maximum absolute atomic E-state index is 4.52. The predicted molar refractivity (Wildman–Crippen MR) is 85.0 cm³/mol. The van der Waals surface area contributed by atoms with Gasteiger partial charge in [-0.1, -0.05) is 0 Å². The Morgan fingerprint density at radius 1 is 1.24 bits per heavy atom. The van der Waals surface area contributed by atoms with Crippen molar-refractivity contribution in [2.75, 3.05) is 7.05 Å². The van der Waals surface area contributed by atoms with Crippen LogP contribution in [0.15, 0.2) is 12.4 Å². The van der Waals surface area contributed by atoms with Crippen molar-refractivity contribution in [3.63, 3.8) is 0 Å². The van der Waals surface area contributed by atoms with Crippen LogP contribution in [-0.4, -0.2) is 22.6 Å². The number of hydrogen-bond donors (Lipinski definition) is 1. The third kappa shape index (κ3) is 2.54. The minimum Gasteiger partial charge on any atom is -0.338 e. The first-order valence-corrected chi connectivity index (χ1v) is 8.79. The zero-order valence-corrected chi connectivity index (χ0v) is 13.5. The van der Waals surface area contributed by atoms with Crippen molar-refractivity contribution < 1.29 is 0 Å². The Bertz CT molecular complexity index is 469. The quantitative estimate of drug-likeness (QED) is 0.901. The SMILES string of the molecule is CNC(Cc1nccn1C)CC12CC3CC(CC(C3)C1)C2. The number of aryl methyl sites for hydroxylation is 1. The van der Waals surface area contributed by atoms with E-state index in [9.17, 15) is 0 Å². The summed E-state index contributed by atoms with van der Waals surface area (Å²) >= 11 is 0. The lowest BCUT2D eigenvalue weighted by Crippen LogP contribution is -2.49. The van der Waals surface area contributed by atoms with E-state index in [1.807, 2.05) is 6.20 Å². The molecule has 4 fully saturated rings. The van der Waals surface area contributed by atoms with Crippen molar-refractivity contribution in [3.8, 4) is 0 Å². The molecule has 4 aliphatic rings. The summed E-state index contributed by atoms with van der Waals surface area (Å²) < 4.78 is 2.17. The highest BCUT2D eigenvalue weighted by Gasteiger charge is 2.51. The lowest BCUT2D eigenvalue weighted by molar-refractivity contribution is -0.0617. The van der Waals surface area contributed by atoms with Crippen LogP contribution in [0.3, 0.4) is 0 Å². The number of nitrogens with zero attached hydrogens (tertiary/aromatic N) is 2. The van der Waals surface area contributed by atoms with Crippen LogP contribution in [0, 0.1) is 23.2 Å². The van der Waals surface area contributed by atoms with Crippen molar-refractivity contribution in [1.82, 2.24) is 14.9 Å². The molecule has 0 saturated heterocycles. The van der Waals surface area contributed by atoms with Crippen molar-refractivity contribution >= 4 is 0 Å². The minimum atomic E-state index is 0.586. The van der Waals surface area contributed by atoms with Crippen LogP contribution in [0.2, 0.25) is 0 Å². The van der Waals surface area contributed by atoms with E-state index >= 15 is 0 Å². The van der Waals surface area contributed by atoms with Gasteiger partial charge in [-0.05, 0) is 75.2 Å². The lowest BCUT2D eigenvalue weighted by Gasteiger charge is -2.57. The summed E-state index contributed by atoms with van der Waals surface area (Å²) in [5, 5.41) is 3.59. The molecule has 116 valence electrons. The first kappa shape index (κ1) is 13.8. The summed E-state index contributed by atoms with van der Waals surface area (Å²) in [4.78, 5) is 4.52. The Morgan fingerprint density at radius 3 is 2.33 bits per heavy atom. The summed E-state index contributed by atoms with van der Waals surface area (Å²) in [5.74, 6) is 4.39. The van der Waals surface area contributed by atoms with Gasteiger partial charge in [0.05, 0.1) is 0 Å². The highest BCUT2D eigenvalue weighted by Crippen LogP contribution is 2.61. The van der Waals surface area contributed by atoms with Crippen LogP contribution in [0.4, 0.5) is 0 Å². The van der Waals surface area contributed by atoms with Crippen LogP contribution in [0.25, 0.3) is 0 Å². The summed E-state index contributed by atoms with van der Waals surface area (Å²) in [5.41, 5.74) is 0.660. The second kappa shape index (κ2) is 5.12. The fraction of sp³-hybridized carbons (Fsp3) is 0.833. The van der Waals surface area contributed by atoms with Crippen molar-refractivity contribution in [2.45, 2.75) is 57.4 Å². The average Bonchev–Trinajstić information content (AvgIpc) is 2.81. The second-order valence-electron chi connectivity index (χ2n) is 8.27. The molecule has 5 rings (SSSR count). The fourth-order valence-corrected chi connectivity index (χ4v) is 6.15. The summed E-state index contributed by atoms with van der Waals surface area (Å²) in [6.07, 6.45) is 15.6. The highest BCUT2D eigenvalue weighted by molar-refractivity contribution is 5.04. The van der Waals surface area contributed by atoms with Crippen LogP contribution < -0.4 is 5.32 Å². The molecule has 0 aliphatic heterocycles. The molecule has 0 radical (unpaired) electrons. The van der Waals surface area contributed by atoms with Gasteiger partial charge >= 0.3 is 0 Å². The molecule has 1 aromatic heterocycles. The predicted octanol–water partition coefficient (Wildman–Crippen LogP) is 3.16. The maximum atomic E-state index is 4.52. The molecular formula is C18H29N3. The summed E-state index contributed by atoms with van der Waals surface area (Å²) in [6, 6.07) is 0.586. The molecule has 1 N–H and O–H groups in total. The molecule has 1 unspecified atom stereocenters. The molecule has 4 aliphatic carbocycles. The number of nitrogens with one attached hydrogen (secondary N) is 1. The number of hydrogen-bond acceptors (Lipinski definition) is 2. The van der Waals surface area contributed by atoms with Gasteiger partial charge in [0, 0.05) is 31.9 Å². The molecule has 3 nitrogen and oxygen atoms in total. The van der Waals surface area contributed by atoms with Gasteiger partial charge < -0.3 is 9.88 Å². The van der Waals surface area contributed by atoms with Crippen molar-refractivity contribution in [1.29, 1.82) is 0 Å². The molecule has 3 heteroatoms. The van der Waals surface area contributed by atoms with E-state index in [2.05, 4.69) is 35.2 Å². The molecule has 0 aromatic carbocycles. The summed E-state index contributed by atoms with van der Waals surface area (Å²) in [6.45, 7) is 0. The number of likely N-dealkylation sites (N-methyl/N-ethyl adjacent to an activating group) is 1. The van der Waals surface area contributed by atoms with Gasteiger partial charge in [-0.15, -0.1) is 0 Å². The molecule has 0 amide bonds.